The van der Waals surface area contributed by atoms with E-state index in [2.05, 4.69) is 46.9 Å². The molecular weight excluding hydrogens is 298 g/mol. The molecule has 1 aromatic heterocycles. The average molecular weight is 326 g/mol. The summed E-state index contributed by atoms with van der Waals surface area (Å²) in [5.41, 5.74) is 2.43. The molecule has 0 spiro atoms. The van der Waals surface area contributed by atoms with Crippen molar-refractivity contribution in [2.24, 2.45) is 0 Å². The van der Waals surface area contributed by atoms with Gasteiger partial charge in [0.15, 0.2) is 8.32 Å². The molecule has 0 radical (unpaired) electrons. The molecule has 0 saturated carbocycles. The van der Waals surface area contributed by atoms with Crippen LogP contribution < -0.4 is 0 Å². The Morgan fingerprint density at radius 2 is 2.10 bits per heavy atom. The number of rotatable bonds is 4. The van der Waals surface area contributed by atoms with Gasteiger partial charge >= 0.3 is 0 Å². The molecule has 0 atom stereocenters. The Morgan fingerprint density at radius 3 is 2.67 bits per heavy atom. The van der Waals surface area contributed by atoms with Crippen molar-refractivity contribution >= 4 is 25.2 Å². The van der Waals surface area contributed by atoms with E-state index in [0.29, 0.717) is 13.2 Å². The van der Waals surface area contributed by atoms with Gasteiger partial charge in [-0.1, -0.05) is 26.8 Å². The zero-order valence-electron chi connectivity index (χ0n) is 14.1. The van der Waals surface area contributed by atoms with E-state index in [1.807, 2.05) is 0 Å². The molecule has 1 aliphatic rings. The number of hydrogen-bond acceptors (Lipinski definition) is 4. The van der Waals surface area contributed by atoms with Crippen LogP contribution in [0.15, 0.2) is 6.08 Å². The molecule has 118 valence electrons. The Labute approximate surface area is 133 Å². The molecule has 21 heavy (non-hydrogen) atoms. The van der Waals surface area contributed by atoms with Crippen molar-refractivity contribution in [3.8, 4) is 0 Å². The predicted molar refractivity (Wildman–Crippen MR) is 92.3 cm³/mol. The van der Waals surface area contributed by atoms with E-state index < -0.39 is 8.32 Å². The van der Waals surface area contributed by atoms with Gasteiger partial charge < -0.3 is 9.16 Å². The standard InChI is InChI=1S/C16H27NO2SSi/c1-12-14(11-19-21(5,6)16(2,3)4)17-15(20-12)13-7-9-18-10-8-13/h7H,8-11H2,1-6H3. The topological polar surface area (TPSA) is 31.4 Å². The molecule has 0 fully saturated rings. The molecule has 1 aliphatic heterocycles. The molecule has 1 aromatic rings. The van der Waals surface area contributed by atoms with E-state index in [1.54, 1.807) is 11.3 Å². The fraction of sp³-hybridized carbons (Fsp3) is 0.688. The van der Waals surface area contributed by atoms with E-state index in [1.165, 1.54) is 10.5 Å². The van der Waals surface area contributed by atoms with Gasteiger partial charge in [0, 0.05) is 4.88 Å². The van der Waals surface area contributed by atoms with Crippen LogP contribution in [0, 0.1) is 6.92 Å². The SMILES string of the molecule is Cc1sc(C2=CCOCC2)nc1CO[Si](C)(C)C(C)(C)C. The number of hydrogen-bond donors (Lipinski definition) is 0. The van der Waals surface area contributed by atoms with Crippen molar-refractivity contribution in [2.75, 3.05) is 13.2 Å². The molecule has 0 saturated heterocycles. The molecule has 0 bridgehead atoms. The average Bonchev–Trinajstić information content (AvgIpc) is 2.78. The lowest BCUT2D eigenvalue weighted by Gasteiger charge is -2.36. The minimum absolute atomic E-state index is 0.239. The fourth-order valence-corrected chi connectivity index (χ4v) is 3.80. The molecule has 0 aliphatic carbocycles. The van der Waals surface area contributed by atoms with Crippen molar-refractivity contribution < 1.29 is 9.16 Å². The van der Waals surface area contributed by atoms with Gasteiger partial charge in [0.2, 0.25) is 0 Å². The smallest absolute Gasteiger partial charge is 0.192 e. The van der Waals surface area contributed by atoms with Crippen LogP contribution in [0.25, 0.3) is 5.57 Å². The van der Waals surface area contributed by atoms with E-state index >= 15 is 0 Å². The van der Waals surface area contributed by atoms with Crippen LogP contribution in [0.5, 0.6) is 0 Å². The lowest BCUT2D eigenvalue weighted by atomic mass is 10.2. The van der Waals surface area contributed by atoms with Crippen molar-refractivity contribution in [2.45, 2.75) is 58.9 Å². The Morgan fingerprint density at radius 1 is 1.38 bits per heavy atom. The summed E-state index contributed by atoms with van der Waals surface area (Å²) in [6.07, 6.45) is 3.12. The quantitative estimate of drug-likeness (QED) is 0.747. The van der Waals surface area contributed by atoms with Crippen LogP contribution in [-0.2, 0) is 15.8 Å². The second-order valence-corrected chi connectivity index (χ2v) is 13.1. The van der Waals surface area contributed by atoms with E-state index in [9.17, 15) is 0 Å². The van der Waals surface area contributed by atoms with Gasteiger partial charge in [-0.05, 0) is 37.0 Å². The molecule has 2 heterocycles. The summed E-state index contributed by atoms with van der Waals surface area (Å²) in [5.74, 6) is 0. The number of aromatic nitrogens is 1. The van der Waals surface area contributed by atoms with Gasteiger partial charge in [-0.2, -0.15) is 0 Å². The maximum Gasteiger partial charge on any atom is 0.192 e. The minimum atomic E-state index is -1.71. The van der Waals surface area contributed by atoms with E-state index in [0.717, 1.165) is 23.7 Å². The maximum atomic E-state index is 6.30. The monoisotopic (exact) mass is 325 g/mol. The second kappa shape index (κ2) is 6.32. The highest BCUT2D eigenvalue weighted by Gasteiger charge is 2.37. The molecule has 0 aromatic carbocycles. The van der Waals surface area contributed by atoms with E-state index in [4.69, 9.17) is 14.1 Å². The summed E-state index contributed by atoms with van der Waals surface area (Å²) in [6.45, 7) is 15.7. The van der Waals surface area contributed by atoms with Crippen LogP contribution in [0.4, 0.5) is 0 Å². The highest BCUT2D eigenvalue weighted by atomic mass is 32.1. The third kappa shape index (κ3) is 4.03. The number of ether oxygens (including phenoxy) is 1. The molecule has 5 heteroatoms. The van der Waals surface area contributed by atoms with E-state index in [-0.39, 0.29) is 5.04 Å². The summed E-state index contributed by atoms with van der Waals surface area (Å²) in [7, 11) is -1.71. The number of nitrogens with zero attached hydrogens (tertiary/aromatic N) is 1. The van der Waals surface area contributed by atoms with Gasteiger partial charge in [0.1, 0.15) is 5.01 Å². The first-order valence-electron chi connectivity index (χ1n) is 7.58. The van der Waals surface area contributed by atoms with Crippen molar-refractivity contribution in [3.05, 3.63) is 21.7 Å². The Hall–Kier alpha value is -0.493. The first-order valence-corrected chi connectivity index (χ1v) is 11.3. The van der Waals surface area contributed by atoms with Crippen LogP contribution in [0.2, 0.25) is 18.1 Å². The zero-order valence-corrected chi connectivity index (χ0v) is 15.9. The summed E-state index contributed by atoms with van der Waals surface area (Å²) in [4.78, 5) is 6.08. The first kappa shape index (κ1) is 16.9. The highest BCUT2D eigenvalue weighted by Crippen LogP contribution is 2.37. The summed E-state index contributed by atoms with van der Waals surface area (Å²) in [5, 5.41) is 1.38. The summed E-state index contributed by atoms with van der Waals surface area (Å²) in [6, 6.07) is 0. The molecule has 2 rings (SSSR count). The van der Waals surface area contributed by atoms with Crippen molar-refractivity contribution in [1.82, 2.24) is 4.98 Å². The summed E-state index contributed by atoms with van der Waals surface area (Å²) >= 11 is 1.78. The second-order valence-electron chi connectivity index (χ2n) is 7.13. The zero-order chi connectivity index (χ0) is 15.7. The first-order chi connectivity index (χ1) is 9.71. The molecule has 3 nitrogen and oxygen atoms in total. The van der Waals surface area contributed by atoms with Gasteiger partial charge in [-0.15, -0.1) is 11.3 Å². The van der Waals surface area contributed by atoms with Crippen LogP contribution in [-0.4, -0.2) is 26.5 Å². The minimum Gasteiger partial charge on any atom is -0.411 e. The lowest BCUT2D eigenvalue weighted by molar-refractivity contribution is 0.161. The third-order valence-electron chi connectivity index (χ3n) is 4.51. The van der Waals surface area contributed by atoms with Crippen LogP contribution in [0.1, 0.15) is 42.8 Å². The fourth-order valence-electron chi connectivity index (χ4n) is 1.89. The van der Waals surface area contributed by atoms with Gasteiger partial charge in [0.25, 0.3) is 0 Å². The molecule has 0 amide bonds. The lowest BCUT2D eigenvalue weighted by Crippen LogP contribution is -2.40. The maximum absolute atomic E-state index is 6.30. The summed E-state index contributed by atoms with van der Waals surface area (Å²) < 4.78 is 11.7. The Bertz CT molecular complexity index is 529. The van der Waals surface area contributed by atoms with Gasteiger partial charge in [-0.3, -0.25) is 0 Å². The third-order valence-corrected chi connectivity index (χ3v) is 10.1. The van der Waals surface area contributed by atoms with Crippen molar-refractivity contribution in [3.63, 3.8) is 0 Å². The highest BCUT2D eigenvalue weighted by molar-refractivity contribution is 7.12. The predicted octanol–water partition coefficient (Wildman–Crippen LogP) is 4.78. The Kier molecular flexibility index (Phi) is 5.08. The van der Waals surface area contributed by atoms with Crippen LogP contribution in [0.3, 0.4) is 0 Å². The van der Waals surface area contributed by atoms with Crippen LogP contribution >= 0.6 is 11.3 Å². The van der Waals surface area contributed by atoms with Gasteiger partial charge in [-0.25, -0.2) is 4.98 Å². The Balaban J connectivity index is 2.08. The largest absolute Gasteiger partial charge is 0.411 e. The van der Waals surface area contributed by atoms with Crippen molar-refractivity contribution in [1.29, 1.82) is 0 Å². The van der Waals surface area contributed by atoms with Gasteiger partial charge in [0.05, 0.1) is 25.5 Å². The number of aryl methyl sites for hydroxylation is 1. The molecule has 0 unspecified atom stereocenters. The number of thiazole rings is 1. The molecular formula is C16H27NO2SSi. The molecule has 0 N–H and O–H groups in total. The normalized spacial score (nSPS) is 17.0.